The standard InChI is InChI=1S/C17H20N6S/c1-13-3-8-16(24-13)10-21-17(18-2)20-9-14-4-6-15(7-5-14)23-12-19-11-22-23/h3-8,11-12H,9-10H2,1-2H3,(H2,18,20,21). The van der Waals surface area contributed by atoms with E-state index >= 15 is 0 Å². The Kier molecular flexibility index (Phi) is 5.22. The van der Waals surface area contributed by atoms with Crippen LogP contribution in [0.5, 0.6) is 0 Å². The van der Waals surface area contributed by atoms with Gasteiger partial charge in [0.25, 0.3) is 0 Å². The first-order valence-electron chi connectivity index (χ1n) is 7.68. The fourth-order valence-corrected chi connectivity index (χ4v) is 3.10. The number of hydrogen-bond donors (Lipinski definition) is 2. The van der Waals surface area contributed by atoms with Crippen LogP contribution in [0.25, 0.3) is 5.69 Å². The van der Waals surface area contributed by atoms with Crippen molar-refractivity contribution in [2.75, 3.05) is 7.05 Å². The van der Waals surface area contributed by atoms with E-state index in [2.05, 4.69) is 56.9 Å². The molecule has 2 aromatic heterocycles. The molecule has 24 heavy (non-hydrogen) atoms. The molecule has 124 valence electrons. The second-order valence-corrected chi connectivity index (χ2v) is 6.67. The van der Waals surface area contributed by atoms with Crippen molar-refractivity contribution in [2.45, 2.75) is 20.0 Å². The predicted octanol–water partition coefficient (Wildman–Crippen LogP) is 2.50. The highest BCUT2D eigenvalue weighted by Crippen LogP contribution is 2.14. The molecule has 3 aromatic rings. The van der Waals surface area contributed by atoms with Crippen LogP contribution in [0.1, 0.15) is 15.3 Å². The summed E-state index contributed by atoms with van der Waals surface area (Å²) in [5.41, 5.74) is 2.17. The normalized spacial score (nSPS) is 11.5. The minimum atomic E-state index is 0.709. The van der Waals surface area contributed by atoms with Crippen LogP contribution in [0.2, 0.25) is 0 Å². The first-order valence-corrected chi connectivity index (χ1v) is 8.50. The van der Waals surface area contributed by atoms with Gasteiger partial charge >= 0.3 is 0 Å². The van der Waals surface area contributed by atoms with Crippen LogP contribution in [0, 0.1) is 6.92 Å². The number of benzene rings is 1. The second kappa shape index (κ2) is 7.74. The molecule has 1 aromatic carbocycles. The van der Waals surface area contributed by atoms with Crippen molar-refractivity contribution in [3.63, 3.8) is 0 Å². The molecule has 6 nitrogen and oxygen atoms in total. The van der Waals surface area contributed by atoms with E-state index in [1.807, 2.05) is 12.1 Å². The van der Waals surface area contributed by atoms with Crippen LogP contribution in [0.4, 0.5) is 0 Å². The van der Waals surface area contributed by atoms with E-state index in [9.17, 15) is 0 Å². The van der Waals surface area contributed by atoms with Crippen molar-refractivity contribution in [3.05, 3.63) is 64.4 Å². The predicted molar refractivity (Wildman–Crippen MR) is 97.5 cm³/mol. The Morgan fingerprint density at radius 1 is 1.12 bits per heavy atom. The molecule has 0 radical (unpaired) electrons. The van der Waals surface area contributed by atoms with Gasteiger partial charge in [-0.15, -0.1) is 11.3 Å². The number of aromatic nitrogens is 3. The Labute approximate surface area is 145 Å². The number of thiophene rings is 1. The van der Waals surface area contributed by atoms with E-state index in [0.717, 1.165) is 18.2 Å². The summed E-state index contributed by atoms with van der Waals surface area (Å²) >= 11 is 1.80. The lowest BCUT2D eigenvalue weighted by molar-refractivity contribution is 0.814. The van der Waals surface area contributed by atoms with Gasteiger partial charge < -0.3 is 10.6 Å². The summed E-state index contributed by atoms with van der Waals surface area (Å²) in [5.74, 6) is 0.793. The van der Waals surface area contributed by atoms with Gasteiger partial charge in [0, 0.05) is 23.3 Å². The van der Waals surface area contributed by atoms with E-state index in [1.54, 1.807) is 29.4 Å². The minimum absolute atomic E-state index is 0.709. The smallest absolute Gasteiger partial charge is 0.191 e. The summed E-state index contributed by atoms with van der Waals surface area (Å²) in [6.45, 7) is 3.61. The van der Waals surface area contributed by atoms with Crippen molar-refractivity contribution < 1.29 is 0 Å². The molecule has 7 heteroatoms. The third-order valence-corrected chi connectivity index (χ3v) is 4.53. The fraction of sp³-hybridized carbons (Fsp3) is 0.235. The zero-order valence-electron chi connectivity index (χ0n) is 13.7. The fourth-order valence-electron chi connectivity index (χ4n) is 2.27. The Bertz CT molecular complexity index is 789. The van der Waals surface area contributed by atoms with Gasteiger partial charge in [-0.3, -0.25) is 4.99 Å². The minimum Gasteiger partial charge on any atom is -0.352 e. The zero-order valence-corrected chi connectivity index (χ0v) is 14.5. The molecule has 0 aliphatic heterocycles. The topological polar surface area (TPSA) is 67.1 Å². The van der Waals surface area contributed by atoms with Crippen LogP contribution in [-0.4, -0.2) is 27.8 Å². The molecule has 2 N–H and O–H groups in total. The zero-order chi connectivity index (χ0) is 16.8. The maximum atomic E-state index is 4.26. The van der Waals surface area contributed by atoms with Crippen LogP contribution >= 0.6 is 11.3 Å². The molecule has 0 spiro atoms. The van der Waals surface area contributed by atoms with Crippen molar-refractivity contribution >= 4 is 17.3 Å². The Balaban J connectivity index is 1.52. The van der Waals surface area contributed by atoms with Gasteiger partial charge in [-0.25, -0.2) is 9.67 Å². The SMILES string of the molecule is CN=C(NCc1ccc(-n2cncn2)cc1)NCc1ccc(C)s1. The van der Waals surface area contributed by atoms with E-state index in [4.69, 9.17) is 0 Å². The highest BCUT2D eigenvalue weighted by Gasteiger charge is 2.02. The lowest BCUT2D eigenvalue weighted by Crippen LogP contribution is -2.36. The van der Waals surface area contributed by atoms with Gasteiger partial charge in [-0.05, 0) is 36.8 Å². The number of rotatable bonds is 5. The average Bonchev–Trinajstić information content (AvgIpc) is 3.27. The van der Waals surface area contributed by atoms with E-state index in [-0.39, 0.29) is 0 Å². The van der Waals surface area contributed by atoms with Gasteiger partial charge in [-0.1, -0.05) is 12.1 Å². The van der Waals surface area contributed by atoms with Gasteiger partial charge in [0.2, 0.25) is 0 Å². The maximum Gasteiger partial charge on any atom is 0.191 e. The Morgan fingerprint density at radius 2 is 1.92 bits per heavy atom. The van der Waals surface area contributed by atoms with E-state index < -0.39 is 0 Å². The third kappa shape index (κ3) is 4.20. The molecule has 0 amide bonds. The molecule has 0 unspecified atom stereocenters. The van der Waals surface area contributed by atoms with Crippen molar-refractivity contribution in [2.24, 2.45) is 4.99 Å². The lowest BCUT2D eigenvalue weighted by atomic mass is 10.2. The molecular formula is C17H20N6S. The summed E-state index contributed by atoms with van der Waals surface area (Å²) in [7, 11) is 1.78. The number of hydrogen-bond acceptors (Lipinski definition) is 4. The maximum absolute atomic E-state index is 4.26. The summed E-state index contributed by atoms with van der Waals surface area (Å²) in [5, 5.41) is 10.8. The molecule has 0 saturated heterocycles. The van der Waals surface area contributed by atoms with Crippen molar-refractivity contribution in [1.29, 1.82) is 0 Å². The quantitative estimate of drug-likeness (QED) is 0.553. The van der Waals surface area contributed by atoms with Crippen molar-refractivity contribution in [1.82, 2.24) is 25.4 Å². The summed E-state index contributed by atoms with van der Waals surface area (Å²) in [6, 6.07) is 12.5. The number of guanidine groups is 1. The summed E-state index contributed by atoms with van der Waals surface area (Å²) in [6.07, 6.45) is 3.21. The average molecular weight is 340 g/mol. The second-order valence-electron chi connectivity index (χ2n) is 5.30. The number of nitrogens with one attached hydrogen (secondary N) is 2. The number of aryl methyl sites for hydroxylation is 1. The van der Waals surface area contributed by atoms with Crippen LogP contribution in [0.3, 0.4) is 0 Å². The van der Waals surface area contributed by atoms with Crippen LogP contribution < -0.4 is 10.6 Å². The molecule has 0 aliphatic carbocycles. The molecular weight excluding hydrogens is 320 g/mol. The molecule has 0 saturated carbocycles. The van der Waals surface area contributed by atoms with Gasteiger partial charge in [0.1, 0.15) is 12.7 Å². The first kappa shape index (κ1) is 16.2. The first-order chi connectivity index (χ1) is 11.7. The highest BCUT2D eigenvalue weighted by atomic mass is 32.1. The number of nitrogens with zero attached hydrogens (tertiary/aromatic N) is 4. The van der Waals surface area contributed by atoms with Gasteiger partial charge in [-0.2, -0.15) is 5.10 Å². The van der Waals surface area contributed by atoms with Crippen molar-refractivity contribution in [3.8, 4) is 5.69 Å². The molecule has 0 fully saturated rings. The lowest BCUT2D eigenvalue weighted by Gasteiger charge is -2.11. The Morgan fingerprint density at radius 3 is 2.54 bits per heavy atom. The van der Waals surface area contributed by atoms with Gasteiger partial charge in [0.15, 0.2) is 5.96 Å². The summed E-state index contributed by atoms with van der Waals surface area (Å²) in [4.78, 5) is 10.8. The summed E-state index contributed by atoms with van der Waals surface area (Å²) < 4.78 is 1.74. The molecule has 0 bridgehead atoms. The third-order valence-electron chi connectivity index (χ3n) is 3.53. The monoisotopic (exact) mass is 340 g/mol. The Hall–Kier alpha value is -2.67. The molecule has 3 rings (SSSR count). The largest absolute Gasteiger partial charge is 0.352 e. The molecule has 0 aliphatic rings. The van der Waals surface area contributed by atoms with E-state index in [0.29, 0.717) is 6.54 Å². The van der Waals surface area contributed by atoms with Crippen LogP contribution in [-0.2, 0) is 13.1 Å². The molecule has 0 atom stereocenters. The van der Waals surface area contributed by atoms with E-state index in [1.165, 1.54) is 21.6 Å². The highest BCUT2D eigenvalue weighted by molar-refractivity contribution is 7.11. The van der Waals surface area contributed by atoms with Crippen LogP contribution in [0.15, 0.2) is 54.0 Å². The number of aliphatic imine (C=N–C) groups is 1. The molecule has 2 heterocycles. The van der Waals surface area contributed by atoms with Gasteiger partial charge in [0.05, 0.1) is 12.2 Å².